The number of nitrogen functional groups attached to an aromatic ring is 1. The van der Waals surface area contributed by atoms with Gasteiger partial charge in [0.2, 0.25) is 0 Å². The topological polar surface area (TPSA) is 63.8 Å². The number of hydrogen-bond acceptors (Lipinski definition) is 5. The molecule has 0 radical (unpaired) electrons. The van der Waals surface area contributed by atoms with Crippen molar-refractivity contribution in [3.8, 4) is 22.4 Å². The molecule has 0 saturated heterocycles. The molecule has 4 nitrogen and oxygen atoms in total. The van der Waals surface area contributed by atoms with Crippen LogP contribution in [-0.4, -0.2) is 9.97 Å². The zero-order valence-corrected chi connectivity index (χ0v) is 18.2. The minimum atomic E-state index is -0.237. The lowest BCUT2D eigenvalue weighted by Crippen LogP contribution is -2.03. The van der Waals surface area contributed by atoms with Crippen molar-refractivity contribution < 1.29 is 4.39 Å². The number of hydrogen-bond donors (Lipinski definition) is 3. The van der Waals surface area contributed by atoms with Gasteiger partial charge in [0, 0.05) is 27.9 Å². The largest absolute Gasteiger partial charge is 0.398 e. The third-order valence-electron chi connectivity index (χ3n) is 5.11. The van der Waals surface area contributed by atoms with Crippen LogP contribution in [0.3, 0.4) is 0 Å². The van der Waals surface area contributed by atoms with E-state index in [1.165, 1.54) is 6.07 Å². The maximum atomic E-state index is 13.8. The number of anilines is 2. The van der Waals surface area contributed by atoms with Gasteiger partial charge < -0.3 is 11.1 Å². The molecule has 0 atom stereocenters. The first-order valence-corrected chi connectivity index (χ1v) is 10.4. The van der Waals surface area contributed by atoms with Gasteiger partial charge in [0.15, 0.2) is 0 Å². The van der Waals surface area contributed by atoms with E-state index in [-0.39, 0.29) is 5.82 Å². The van der Waals surface area contributed by atoms with Crippen molar-refractivity contribution in [3.63, 3.8) is 0 Å². The van der Waals surface area contributed by atoms with Crippen LogP contribution in [-0.2, 0) is 6.54 Å². The second-order valence-corrected chi connectivity index (χ2v) is 8.02. The van der Waals surface area contributed by atoms with Gasteiger partial charge in [-0.05, 0) is 73.0 Å². The number of rotatable bonds is 5. The third kappa shape index (κ3) is 4.70. The predicted octanol–water partition coefficient (Wildman–Crippen LogP) is 6.05. The molecule has 2 aromatic heterocycles. The molecule has 0 amide bonds. The van der Waals surface area contributed by atoms with Crippen LogP contribution >= 0.6 is 12.6 Å². The normalized spacial score (nSPS) is 10.8. The zero-order chi connectivity index (χ0) is 22.0. The predicted molar refractivity (Wildman–Crippen MR) is 128 cm³/mol. The fraction of sp³-hybridized carbons (Fsp3) is 0.120. The third-order valence-corrected chi connectivity index (χ3v) is 5.49. The Labute approximate surface area is 186 Å². The molecule has 31 heavy (non-hydrogen) atoms. The van der Waals surface area contributed by atoms with Gasteiger partial charge in [0.05, 0.1) is 29.8 Å². The van der Waals surface area contributed by atoms with Crippen molar-refractivity contribution in [2.45, 2.75) is 25.3 Å². The van der Waals surface area contributed by atoms with E-state index in [4.69, 9.17) is 10.7 Å². The second-order valence-electron chi connectivity index (χ2n) is 7.54. The summed E-state index contributed by atoms with van der Waals surface area (Å²) >= 11 is 4.47. The summed E-state index contributed by atoms with van der Waals surface area (Å²) in [7, 11) is 0. The Hall–Kier alpha value is -3.38. The molecular formula is C25H23FN4S. The second kappa shape index (κ2) is 8.78. The number of aryl methyl sites for hydroxylation is 2. The molecule has 0 aliphatic rings. The summed E-state index contributed by atoms with van der Waals surface area (Å²) in [6, 6.07) is 16.8. The minimum Gasteiger partial charge on any atom is -0.398 e. The monoisotopic (exact) mass is 430 g/mol. The zero-order valence-electron chi connectivity index (χ0n) is 17.4. The first-order valence-electron chi connectivity index (χ1n) is 9.91. The smallest absolute Gasteiger partial charge is 0.126 e. The number of nitrogens with one attached hydrogen (secondary N) is 1. The number of benzene rings is 2. The Balaban J connectivity index is 1.74. The number of halogens is 1. The standard InChI is InChI=1S/C25H23FN4S/c1-15-3-6-19(28-12-15)13-29-20-11-21(17-5-8-23(27)24(31)10-17)25(30-14-20)18-4-7-22(26)16(2)9-18/h3-12,14,29,31H,13,27H2,1-2H3. The molecule has 0 spiro atoms. The number of nitrogens with two attached hydrogens (primary N) is 1. The lowest BCUT2D eigenvalue weighted by Gasteiger charge is -2.14. The van der Waals surface area contributed by atoms with E-state index in [1.54, 1.807) is 19.2 Å². The Bertz CT molecular complexity index is 1240. The SMILES string of the molecule is Cc1ccc(CNc2cnc(-c3ccc(F)c(C)c3)c(-c3ccc(N)c(S)c3)c2)nc1. The molecule has 0 unspecified atom stereocenters. The van der Waals surface area contributed by atoms with E-state index in [2.05, 4.69) is 22.9 Å². The van der Waals surface area contributed by atoms with Crippen molar-refractivity contribution in [1.82, 2.24) is 9.97 Å². The van der Waals surface area contributed by atoms with Crippen molar-refractivity contribution in [2.75, 3.05) is 11.1 Å². The highest BCUT2D eigenvalue weighted by Crippen LogP contribution is 2.35. The molecule has 0 aliphatic carbocycles. The quantitative estimate of drug-likeness (QED) is 0.266. The Kier molecular flexibility index (Phi) is 5.91. The Morgan fingerprint density at radius 2 is 1.74 bits per heavy atom. The van der Waals surface area contributed by atoms with Gasteiger partial charge in [-0.1, -0.05) is 12.1 Å². The van der Waals surface area contributed by atoms with Crippen molar-refractivity contribution in [1.29, 1.82) is 0 Å². The lowest BCUT2D eigenvalue weighted by atomic mass is 9.97. The van der Waals surface area contributed by atoms with E-state index >= 15 is 0 Å². The van der Waals surface area contributed by atoms with Crippen LogP contribution in [0.1, 0.15) is 16.8 Å². The molecule has 4 aromatic rings. The van der Waals surface area contributed by atoms with Crippen LogP contribution in [0.15, 0.2) is 71.9 Å². The number of aromatic nitrogens is 2. The molecule has 2 aromatic carbocycles. The van der Waals surface area contributed by atoms with Gasteiger partial charge in [-0.3, -0.25) is 9.97 Å². The number of thiol groups is 1. The summed E-state index contributed by atoms with van der Waals surface area (Å²) in [5, 5.41) is 3.39. The molecule has 4 rings (SSSR count). The van der Waals surface area contributed by atoms with Gasteiger partial charge in [-0.25, -0.2) is 4.39 Å². The van der Waals surface area contributed by atoms with Gasteiger partial charge >= 0.3 is 0 Å². The van der Waals surface area contributed by atoms with E-state index in [0.717, 1.165) is 39.3 Å². The van der Waals surface area contributed by atoms with Crippen LogP contribution in [0.25, 0.3) is 22.4 Å². The maximum Gasteiger partial charge on any atom is 0.126 e. The molecular weight excluding hydrogens is 407 g/mol. The fourth-order valence-electron chi connectivity index (χ4n) is 3.31. The van der Waals surface area contributed by atoms with Crippen LogP contribution < -0.4 is 11.1 Å². The number of nitrogens with zero attached hydrogens (tertiary/aromatic N) is 2. The summed E-state index contributed by atoms with van der Waals surface area (Å²) in [5.41, 5.74) is 13.5. The first-order chi connectivity index (χ1) is 14.9. The maximum absolute atomic E-state index is 13.8. The summed E-state index contributed by atoms with van der Waals surface area (Å²) in [6.45, 7) is 4.34. The van der Waals surface area contributed by atoms with Crippen molar-refractivity contribution in [2.24, 2.45) is 0 Å². The van der Waals surface area contributed by atoms with Gasteiger partial charge in [-0.2, -0.15) is 0 Å². The van der Waals surface area contributed by atoms with Crippen LogP contribution in [0.2, 0.25) is 0 Å². The van der Waals surface area contributed by atoms with Gasteiger partial charge in [0.1, 0.15) is 5.82 Å². The molecule has 0 aliphatic heterocycles. The highest BCUT2D eigenvalue weighted by atomic mass is 32.1. The van der Waals surface area contributed by atoms with Gasteiger partial charge in [-0.15, -0.1) is 12.6 Å². The Morgan fingerprint density at radius 3 is 2.45 bits per heavy atom. The molecule has 0 bridgehead atoms. The minimum absolute atomic E-state index is 0.237. The Morgan fingerprint density at radius 1 is 0.935 bits per heavy atom. The molecule has 0 saturated carbocycles. The van der Waals surface area contributed by atoms with Crippen molar-refractivity contribution in [3.05, 3.63) is 89.6 Å². The number of pyridine rings is 2. The highest BCUT2D eigenvalue weighted by molar-refractivity contribution is 7.80. The summed E-state index contributed by atoms with van der Waals surface area (Å²) < 4.78 is 13.8. The van der Waals surface area contributed by atoms with Crippen molar-refractivity contribution >= 4 is 24.0 Å². The molecule has 3 N–H and O–H groups in total. The van der Waals surface area contributed by atoms with Gasteiger partial charge in [0.25, 0.3) is 0 Å². The molecule has 156 valence electrons. The average Bonchev–Trinajstić information content (AvgIpc) is 2.77. The van der Waals surface area contributed by atoms with E-state index < -0.39 is 0 Å². The van der Waals surface area contributed by atoms with E-state index in [1.807, 2.05) is 55.6 Å². The van der Waals surface area contributed by atoms with Crippen LogP contribution in [0, 0.1) is 19.7 Å². The highest BCUT2D eigenvalue weighted by Gasteiger charge is 2.13. The summed E-state index contributed by atoms with van der Waals surface area (Å²) in [5.74, 6) is -0.237. The van der Waals surface area contributed by atoms with Crippen LogP contribution in [0.4, 0.5) is 15.8 Å². The summed E-state index contributed by atoms with van der Waals surface area (Å²) in [4.78, 5) is 9.84. The first kappa shape index (κ1) is 20.9. The molecule has 6 heteroatoms. The van der Waals surface area contributed by atoms with E-state index in [0.29, 0.717) is 22.7 Å². The average molecular weight is 431 g/mol. The molecule has 0 fully saturated rings. The summed E-state index contributed by atoms with van der Waals surface area (Å²) in [6.07, 6.45) is 3.63. The van der Waals surface area contributed by atoms with E-state index in [9.17, 15) is 4.39 Å². The lowest BCUT2D eigenvalue weighted by molar-refractivity contribution is 0.619. The van der Waals surface area contributed by atoms with Crippen LogP contribution in [0.5, 0.6) is 0 Å². The molecule has 2 heterocycles. The fourth-order valence-corrected chi connectivity index (χ4v) is 3.52.